The third kappa shape index (κ3) is 2.61. The lowest BCUT2D eigenvalue weighted by atomic mass is 10.0. The van der Waals surface area contributed by atoms with Crippen LogP contribution in [-0.2, 0) is 4.74 Å². The number of hydrogen-bond acceptors (Lipinski definition) is 2. The van der Waals surface area contributed by atoms with Crippen LogP contribution >= 0.6 is 15.9 Å². The molecule has 0 unspecified atom stereocenters. The molecule has 0 aliphatic carbocycles. The van der Waals surface area contributed by atoms with Gasteiger partial charge in [-0.1, -0.05) is 0 Å². The number of carbonyl (C=O) groups excluding carboxylic acids is 1. The first-order chi connectivity index (χ1) is 9.66. The Morgan fingerprint density at radius 2 is 2.20 bits per heavy atom. The van der Waals surface area contributed by atoms with E-state index in [0.717, 1.165) is 38.8 Å². The number of hydrogen-bond donors (Lipinski definition) is 0. The lowest BCUT2D eigenvalue weighted by molar-refractivity contribution is 0.0340. The summed E-state index contributed by atoms with van der Waals surface area (Å²) in [5.41, 5.74) is 0.524. The number of benzene rings is 1. The number of carbonyl (C=O) groups is 1. The zero-order valence-corrected chi connectivity index (χ0v) is 12.7. The molecular formula is C15H17BrFNO2. The van der Waals surface area contributed by atoms with Crippen molar-refractivity contribution in [3.05, 3.63) is 34.1 Å². The molecule has 108 valence electrons. The molecule has 5 heteroatoms. The van der Waals surface area contributed by atoms with Gasteiger partial charge in [-0.25, -0.2) is 4.39 Å². The molecule has 1 aromatic carbocycles. The van der Waals surface area contributed by atoms with Gasteiger partial charge in [-0.3, -0.25) is 4.79 Å². The number of amides is 1. The summed E-state index contributed by atoms with van der Waals surface area (Å²) in [6, 6.07) is 4.38. The maximum atomic E-state index is 13.1. The van der Waals surface area contributed by atoms with Crippen LogP contribution in [0.3, 0.4) is 0 Å². The average molecular weight is 342 g/mol. The van der Waals surface area contributed by atoms with Gasteiger partial charge in [0.2, 0.25) is 0 Å². The minimum absolute atomic E-state index is 0.0325. The second kappa shape index (κ2) is 5.82. The minimum Gasteiger partial charge on any atom is -0.376 e. The van der Waals surface area contributed by atoms with Crippen molar-refractivity contribution in [2.24, 2.45) is 0 Å². The molecule has 2 aliphatic rings. The molecule has 0 bridgehead atoms. The van der Waals surface area contributed by atoms with Gasteiger partial charge in [-0.05, 0) is 59.8 Å². The van der Waals surface area contributed by atoms with E-state index >= 15 is 0 Å². The van der Waals surface area contributed by atoms with E-state index in [1.165, 1.54) is 12.1 Å². The van der Waals surface area contributed by atoms with E-state index in [2.05, 4.69) is 15.9 Å². The largest absolute Gasteiger partial charge is 0.376 e. The lowest BCUT2D eigenvalue weighted by Crippen LogP contribution is -2.42. The topological polar surface area (TPSA) is 29.5 Å². The van der Waals surface area contributed by atoms with Crippen molar-refractivity contribution in [1.29, 1.82) is 0 Å². The normalized spacial score (nSPS) is 26.2. The molecule has 0 N–H and O–H groups in total. The molecule has 0 spiro atoms. The number of rotatable bonds is 2. The van der Waals surface area contributed by atoms with Crippen LogP contribution in [-0.4, -0.2) is 36.1 Å². The average Bonchev–Trinajstić information content (AvgIpc) is 3.09. The third-order valence-corrected chi connectivity index (χ3v) is 4.77. The quantitative estimate of drug-likeness (QED) is 0.825. The van der Waals surface area contributed by atoms with E-state index in [9.17, 15) is 9.18 Å². The predicted octanol–water partition coefficient (Wildman–Crippen LogP) is 3.37. The first-order valence-corrected chi connectivity index (χ1v) is 7.84. The predicted molar refractivity (Wildman–Crippen MR) is 77.1 cm³/mol. The van der Waals surface area contributed by atoms with Gasteiger partial charge in [0, 0.05) is 17.6 Å². The molecular weight excluding hydrogens is 325 g/mol. The second-order valence-electron chi connectivity index (χ2n) is 5.38. The molecule has 0 aromatic heterocycles. The van der Waals surface area contributed by atoms with Crippen LogP contribution in [0.25, 0.3) is 0 Å². The molecule has 1 amide bonds. The van der Waals surface area contributed by atoms with Crippen molar-refractivity contribution >= 4 is 21.8 Å². The zero-order valence-electron chi connectivity index (χ0n) is 11.1. The van der Waals surface area contributed by atoms with Crippen LogP contribution in [0.1, 0.15) is 36.0 Å². The number of halogens is 2. The van der Waals surface area contributed by atoms with Crippen molar-refractivity contribution in [2.75, 3.05) is 13.2 Å². The van der Waals surface area contributed by atoms with Gasteiger partial charge in [0.1, 0.15) is 5.82 Å². The summed E-state index contributed by atoms with van der Waals surface area (Å²) in [5.74, 6) is -0.375. The summed E-state index contributed by atoms with van der Waals surface area (Å²) in [4.78, 5) is 14.6. The molecule has 1 aromatic rings. The standard InChI is InChI=1S/C15H17BrFNO2/c16-12-9-10(17)5-6-11(12)15(19)18-7-1-3-13(18)14-4-2-8-20-14/h5-6,9,13-14H,1-4,7-8H2/t13-,14-/m0/s1. The van der Waals surface area contributed by atoms with Crippen LogP contribution in [0.5, 0.6) is 0 Å². The summed E-state index contributed by atoms with van der Waals surface area (Å²) >= 11 is 3.28. The third-order valence-electron chi connectivity index (χ3n) is 4.12. The lowest BCUT2D eigenvalue weighted by Gasteiger charge is -2.29. The maximum Gasteiger partial charge on any atom is 0.255 e. The van der Waals surface area contributed by atoms with Crippen molar-refractivity contribution in [3.63, 3.8) is 0 Å². The summed E-state index contributed by atoms with van der Waals surface area (Å²) < 4.78 is 19.4. The Kier molecular flexibility index (Phi) is 4.08. The van der Waals surface area contributed by atoms with E-state index < -0.39 is 0 Å². The van der Waals surface area contributed by atoms with Crippen LogP contribution in [0.2, 0.25) is 0 Å². The van der Waals surface area contributed by atoms with Crippen LogP contribution < -0.4 is 0 Å². The van der Waals surface area contributed by atoms with Crippen molar-refractivity contribution in [3.8, 4) is 0 Å². The van der Waals surface area contributed by atoms with Gasteiger partial charge in [0.05, 0.1) is 17.7 Å². The van der Waals surface area contributed by atoms with Crippen LogP contribution in [0, 0.1) is 5.82 Å². The Hall–Kier alpha value is -0.940. The number of likely N-dealkylation sites (tertiary alicyclic amines) is 1. The van der Waals surface area contributed by atoms with Crippen molar-refractivity contribution < 1.29 is 13.9 Å². The minimum atomic E-state index is -0.342. The molecule has 0 saturated carbocycles. The molecule has 2 atom stereocenters. The summed E-state index contributed by atoms with van der Waals surface area (Å²) in [7, 11) is 0. The van der Waals surface area contributed by atoms with Gasteiger partial charge in [-0.2, -0.15) is 0 Å². The van der Waals surface area contributed by atoms with Crippen LogP contribution in [0.4, 0.5) is 4.39 Å². The Balaban J connectivity index is 1.81. The SMILES string of the molecule is O=C(c1ccc(F)cc1Br)N1CCC[C@H]1[C@@H]1CCCO1. The summed E-state index contributed by atoms with van der Waals surface area (Å²) in [6.45, 7) is 1.55. The fraction of sp³-hybridized carbons (Fsp3) is 0.533. The molecule has 3 nitrogen and oxygen atoms in total. The summed E-state index contributed by atoms with van der Waals surface area (Å²) in [5, 5.41) is 0. The van der Waals surface area contributed by atoms with Gasteiger partial charge in [-0.15, -0.1) is 0 Å². The van der Waals surface area contributed by atoms with Gasteiger partial charge >= 0.3 is 0 Å². The number of ether oxygens (including phenoxy) is 1. The highest BCUT2D eigenvalue weighted by molar-refractivity contribution is 9.10. The number of nitrogens with zero attached hydrogens (tertiary/aromatic N) is 1. The molecule has 2 fully saturated rings. The summed E-state index contributed by atoms with van der Waals surface area (Å²) in [6.07, 6.45) is 4.27. The molecule has 2 saturated heterocycles. The van der Waals surface area contributed by atoms with E-state index in [-0.39, 0.29) is 23.9 Å². The van der Waals surface area contributed by atoms with Crippen molar-refractivity contribution in [1.82, 2.24) is 4.90 Å². The van der Waals surface area contributed by atoms with E-state index in [1.807, 2.05) is 4.90 Å². The smallest absolute Gasteiger partial charge is 0.255 e. The fourth-order valence-corrected chi connectivity index (χ4v) is 3.68. The highest BCUT2D eigenvalue weighted by Crippen LogP contribution is 2.30. The Morgan fingerprint density at radius 1 is 1.35 bits per heavy atom. The van der Waals surface area contributed by atoms with E-state index in [0.29, 0.717) is 10.0 Å². The zero-order chi connectivity index (χ0) is 14.1. The van der Waals surface area contributed by atoms with Gasteiger partial charge < -0.3 is 9.64 Å². The van der Waals surface area contributed by atoms with Crippen molar-refractivity contribution in [2.45, 2.75) is 37.8 Å². The van der Waals surface area contributed by atoms with Gasteiger partial charge in [0.25, 0.3) is 5.91 Å². The second-order valence-corrected chi connectivity index (χ2v) is 6.24. The maximum absolute atomic E-state index is 13.1. The Morgan fingerprint density at radius 3 is 2.90 bits per heavy atom. The highest BCUT2D eigenvalue weighted by atomic mass is 79.9. The molecule has 0 radical (unpaired) electrons. The van der Waals surface area contributed by atoms with E-state index in [1.54, 1.807) is 6.07 Å². The first kappa shape index (κ1) is 14.0. The Bertz CT molecular complexity index is 517. The monoisotopic (exact) mass is 341 g/mol. The molecule has 3 rings (SSSR count). The first-order valence-electron chi connectivity index (χ1n) is 7.04. The molecule has 20 heavy (non-hydrogen) atoms. The fourth-order valence-electron chi connectivity index (χ4n) is 3.15. The molecule has 2 heterocycles. The van der Waals surface area contributed by atoms with Crippen LogP contribution in [0.15, 0.2) is 22.7 Å². The van der Waals surface area contributed by atoms with E-state index in [4.69, 9.17) is 4.74 Å². The van der Waals surface area contributed by atoms with Gasteiger partial charge in [0.15, 0.2) is 0 Å². The Labute approximate surface area is 126 Å². The highest BCUT2D eigenvalue weighted by Gasteiger charge is 2.37. The molecule has 2 aliphatic heterocycles.